The van der Waals surface area contributed by atoms with Crippen molar-refractivity contribution in [2.24, 2.45) is 5.92 Å². The zero-order valence-corrected chi connectivity index (χ0v) is 20.0. The van der Waals surface area contributed by atoms with Crippen molar-refractivity contribution in [3.8, 4) is 0 Å². The molecule has 0 bridgehead atoms. The highest BCUT2D eigenvalue weighted by Gasteiger charge is 2.35. The summed E-state index contributed by atoms with van der Waals surface area (Å²) in [5.41, 5.74) is 3.98. The summed E-state index contributed by atoms with van der Waals surface area (Å²) in [5.74, 6) is -1.35. The Hall–Kier alpha value is -4.13. The van der Waals surface area contributed by atoms with Gasteiger partial charge < -0.3 is 20.9 Å². The molecule has 3 aromatic rings. The first-order valence-electron chi connectivity index (χ1n) is 11.8. The summed E-state index contributed by atoms with van der Waals surface area (Å²) in [4.78, 5) is 40.7. The summed E-state index contributed by atoms with van der Waals surface area (Å²) in [5, 5.41) is 8.52. The lowest BCUT2D eigenvalue weighted by molar-refractivity contribution is -0.131. The number of fused-ring (bicyclic) bond motifs is 1. The van der Waals surface area contributed by atoms with Crippen LogP contribution in [0, 0.1) is 5.92 Å². The van der Waals surface area contributed by atoms with Crippen LogP contribution in [-0.4, -0.2) is 23.9 Å². The highest BCUT2D eigenvalue weighted by molar-refractivity contribution is 6.12. The average Bonchev–Trinajstić information content (AvgIpc) is 2.96. The molecule has 3 N–H and O–H groups in total. The smallest absolute Gasteiger partial charge is 0.319 e. The normalized spacial score (nSPS) is 15.2. The van der Waals surface area contributed by atoms with Gasteiger partial charge in [-0.1, -0.05) is 48.5 Å². The zero-order chi connectivity index (χ0) is 24.8. The molecular weight excluding hydrogens is 440 g/mol. The number of nitrogens with one attached hydrogen (secondary N) is 3. The van der Waals surface area contributed by atoms with Gasteiger partial charge in [-0.2, -0.15) is 0 Å². The van der Waals surface area contributed by atoms with E-state index in [2.05, 4.69) is 16.0 Å². The Labute approximate surface area is 205 Å². The molecule has 1 heterocycles. The summed E-state index contributed by atoms with van der Waals surface area (Å²) in [6.07, 6.45) is 1.06. The molecule has 7 nitrogen and oxygen atoms in total. The van der Waals surface area contributed by atoms with E-state index < -0.39 is 5.92 Å². The van der Waals surface area contributed by atoms with Gasteiger partial charge in [0.2, 0.25) is 11.8 Å². The molecule has 1 atom stereocenters. The molecule has 4 amide bonds. The maximum Gasteiger partial charge on any atom is 0.319 e. The number of urea groups is 1. The first kappa shape index (κ1) is 24.0. The van der Waals surface area contributed by atoms with Crippen LogP contribution in [0.25, 0.3) is 0 Å². The lowest BCUT2D eigenvalue weighted by Gasteiger charge is -2.26. The van der Waals surface area contributed by atoms with Crippen molar-refractivity contribution in [3.05, 3.63) is 90.0 Å². The van der Waals surface area contributed by atoms with Gasteiger partial charge in [0.15, 0.2) is 0 Å². The Morgan fingerprint density at radius 1 is 0.914 bits per heavy atom. The van der Waals surface area contributed by atoms with Crippen LogP contribution in [0.4, 0.5) is 21.9 Å². The van der Waals surface area contributed by atoms with E-state index in [9.17, 15) is 14.4 Å². The molecule has 180 valence electrons. The molecule has 0 spiro atoms. The fourth-order valence-corrected chi connectivity index (χ4v) is 4.23. The van der Waals surface area contributed by atoms with Crippen LogP contribution in [0.15, 0.2) is 78.9 Å². The summed E-state index contributed by atoms with van der Waals surface area (Å²) in [6.45, 7) is 4.07. The largest absolute Gasteiger partial charge is 0.336 e. The Bertz CT molecular complexity index is 1210. The van der Waals surface area contributed by atoms with E-state index in [0.717, 1.165) is 16.8 Å². The van der Waals surface area contributed by atoms with Crippen molar-refractivity contribution >= 4 is 34.9 Å². The van der Waals surface area contributed by atoms with E-state index in [0.29, 0.717) is 24.2 Å². The van der Waals surface area contributed by atoms with E-state index in [4.69, 9.17) is 0 Å². The Morgan fingerprint density at radius 3 is 2.40 bits per heavy atom. The van der Waals surface area contributed by atoms with Crippen LogP contribution in [0.5, 0.6) is 0 Å². The van der Waals surface area contributed by atoms with Gasteiger partial charge in [-0.15, -0.1) is 0 Å². The monoisotopic (exact) mass is 470 g/mol. The van der Waals surface area contributed by atoms with Gasteiger partial charge in [-0.25, -0.2) is 4.79 Å². The lowest BCUT2D eigenvalue weighted by Crippen LogP contribution is -2.40. The van der Waals surface area contributed by atoms with E-state index in [1.165, 1.54) is 0 Å². The second-order valence-electron chi connectivity index (χ2n) is 8.95. The summed E-state index contributed by atoms with van der Waals surface area (Å²) in [7, 11) is 0. The molecule has 35 heavy (non-hydrogen) atoms. The number of para-hydroxylation sites is 2. The molecule has 0 radical (unpaired) electrons. The Balaban J connectivity index is 1.58. The molecule has 3 aromatic carbocycles. The van der Waals surface area contributed by atoms with Gasteiger partial charge in [-0.3, -0.25) is 9.59 Å². The predicted octanol–water partition coefficient (Wildman–Crippen LogP) is 4.95. The van der Waals surface area contributed by atoms with Crippen molar-refractivity contribution in [3.63, 3.8) is 0 Å². The molecule has 0 saturated heterocycles. The number of hydrogen-bond acceptors (Lipinski definition) is 3. The Morgan fingerprint density at radius 2 is 1.63 bits per heavy atom. The summed E-state index contributed by atoms with van der Waals surface area (Å²) >= 11 is 0. The van der Waals surface area contributed by atoms with Crippen molar-refractivity contribution in [2.45, 2.75) is 39.3 Å². The van der Waals surface area contributed by atoms with Crippen LogP contribution >= 0.6 is 0 Å². The number of amides is 4. The number of benzene rings is 3. The first-order valence-corrected chi connectivity index (χ1v) is 11.8. The second kappa shape index (κ2) is 10.9. The standard InChI is InChI=1S/C28H30N4O3/c1-19(2)29-28(35)31-23-13-8-9-20(17-23)18-32-25-14-7-6-10-21(25)15-16-24(27(32)34)26(33)30-22-11-4-3-5-12-22/h3-14,17,19,24H,15-16,18H2,1-2H3,(H,30,33)(H2,29,31,35). The highest BCUT2D eigenvalue weighted by atomic mass is 16.2. The molecule has 0 saturated carbocycles. The van der Waals surface area contributed by atoms with Crippen LogP contribution in [0.1, 0.15) is 31.4 Å². The molecule has 0 aromatic heterocycles. The van der Waals surface area contributed by atoms with Crippen molar-refractivity contribution in [2.75, 3.05) is 15.5 Å². The molecule has 7 heteroatoms. The van der Waals surface area contributed by atoms with Gasteiger partial charge in [-0.05, 0) is 68.1 Å². The van der Waals surface area contributed by atoms with Crippen molar-refractivity contribution in [1.29, 1.82) is 0 Å². The zero-order valence-electron chi connectivity index (χ0n) is 20.0. The molecule has 4 rings (SSSR count). The number of hydrogen-bond donors (Lipinski definition) is 3. The minimum atomic E-state index is -0.805. The molecule has 1 aliphatic rings. The third-order valence-electron chi connectivity index (χ3n) is 5.85. The quantitative estimate of drug-likeness (QED) is 0.445. The number of carbonyl (C=O) groups is 3. The Kier molecular flexibility index (Phi) is 7.45. The van der Waals surface area contributed by atoms with Gasteiger partial charge in [0.05, 0.1) is 6.54 Å². The third-order valence-corrected chi connectivity index (χ3v) is 5.85. The second-order valence-corrected chi connectivity index (χ2v) is 8.95. The van der Waals surface area contributed by atoms with Crippen molar-refractivity contribution in [1.82, 2.24) is 5.32 Å². The fraction of sp³-hybridized carbons (Fsp3) is 0.250. The molecule has 0 fully saturated rings. The minimum Gasteiger partial charge on any atom is -0.336 e. The van der Waals surface area contributed by atoms with E-state index in [1.54, 1.807) is 23.1 Å². The van der Waals surface area contributed by atoms with E-state index >= 15 is 0 Å². The fourth-order valence-electron chi connectivity index (χ4n) is 4.23. The number of nitrogens with zero attached hydrogens (tertiary/aromatic N) is 1. The van der Waals surface area contributed by atoms with Crippen LogP contribution < -0.4 is 20.9 Å². The predicted molar refractivity (Wildman–Crippen MR) is 138 cm³/mol. The number of anilines is 3. The summed E-state index contributed by atoms with van der Waals surface area (Å²) in [6, 6.07) is 24.1. The summed E-state index contributed by atoms with van der Waals surface area (Å²) < 4.78 is 0. The topological polar surface area (TPSA) is 90.5 Å². The number of rotatable bonds is 6. The van der Waals surface area contributed by atoms with Crippen LogP contribution in [0.2, 0.25) is 0 Å². The third kappa shape index (κ3) is 6.06. The number of carbonyl (C=O) groups excluding carboxylic acids is 3. The van der Waals surface area contributed by atoms with Crippen LogP contribution in [-0.2, 0) is 22.6 Å². The van der Waals surface area contributed by atoms with Crippen molar-refractivity contribution < 1.29 is 14.4 Å². The van der Waals surface area contributed by atoms with E-state index in [1.807, 2.05) is 74.5 Å². The van der Waals surface area contributed by atoms with Gasteiger partial charge in [0.1, 0.15) is 5.92 Å². The first-order chi connectivity index (χ1) is 16.9. The molecule has 1 aliphatic heterocycles. The van der Waals surface area contributed by atoms with E-state index in [-0.39, 0.29) is 30.4 Å². The van der Waals surface area contributed by atoms with Crippen LogP contribution in [0.3, 0.4) is 0 Å². The minimum absolute atomic E-state index is 0.0170. The maximum absolute atomic E-state index is 13.7. The highest BCUT2D eigenvalue weighted by Crippen LogP contribution is 2.31. The molecule has 0 aliphatic carbocycles. The average molecular weight is 471 g/mol. The SMILES string of the molecule is CC(C)NC(=O)Nc1cccc(CN2C(=O)C(C(=O)Nc3ccccc3)CCc3ccccc32)c1. The lowest BCUT2D eigenvalue weighted by atomic mass is 9.99. The number of aryl methyl sites for hydroxylation is 1. The molecular formula is C28H30N4O3. The van der Waals surface area contributed by atoms with Gasteiger partial charge >= 0.3 is 6.03 Å². The van der Waals surface area contributed by atoms with Gasteiger partial charge in [0.25, 0.3) is 0 Å². The maximum atomic E-state index is 13.7. The van der Waals surface area contributed by atoms with Gasteiger partial charge in [0, 0.05) is 23.1 Å². The molecule has 1 unspecified atom stereocenters.